The molecule has 3 N–H and O–H groups in total. The van der Waals surface area contributed by atoms with Crippen LogP contribution in [0.5, 0.6) is 5.75 Å². The van der Waals surface area contributed by atoms with Crippen LogP contribution in [-0.2, 0) is 0 Å². The van der Waals surface area contributed by atoms with Crippen molar-refractivity contribution in [1.29, 1.82) is 0 Å². The first-order valence-electron chi connectivity index (χ1n) is 9.13. The van der Waals surface area contributed by atoms with E-state index >= 15 is 0 Å². The molecule has 3 aromatic heterocycles. The molecule has 1 aliphatic rings. The van der Waals surface area contributed by atoms with Gasteiger partial charge in [0.15, 0.2) is 10.8 Å². The maximum atomic E-state index is 14.1. The van der Waals surface area contributed by atoms with Gasteiger partial charge in [-0.2, -0.15) is 10.1 Å². The smallest absolute Gasteiger partial charge is 0.194 e. The number of thiazole rings is 1. The third-order valence-corrected chi connectivity index (χ3v) is 5.92. The number of phenols is 1. The lowest BCUT2D eigenvalue weighted by molar-refractivity contribution is 0.314. The highest BCUT2D eigenvalue weighted by Gasteiger charge is 2.31. The van der Waals surface area contributed by atoms with Crippen LogP contribution in [0.25, 0.3) is 32.7 Å². The first-order valence-corrected chi connectivity index (χ1v) is 9.94. The molecule has 0 spiro atoms. The van der Waals surface area contributed by atoms with E-state index in [0.717, 1.165) is 15.8 Å². The minimum absolute atomic E-state index is 0.106. The molecule has 29 heavy (non-hydrogen) atoms. The van der Waals surface area contributed by atoms with Crippen LogP contribution in [0.2, 0.25) is 0 Å². The second-order valence-electron chi connectivity index (χ2n) is 7.14. The number of fused-ring (bicyclic) bond motifs is 1. The Balaban J connectivity index is 1.43. The maximum Gasteiger partial charge on any atom is 0.194 e. The molecule has 1 aliphatic heterocycles. The number of benzene rings is 1. The Bertz CT molecular complexity index is 1160. The van der Waals surface area contributed by atoms with E-state index in [2.05, 4.69) is 30.7 Å². The van der Waals surface area contributed by atoms with Crippen LogP contribution in [-0.4, -0.2) is 67.7 Å². The third-order valence-electron chi connectivity index (χ3n) is 5.00. The molecule has 5 rings (SSSR count). The molecule has 2 atom stereocenters. The van der Waals surface area contributed by atoms with Gasteiger partial charge in [0.1, 0.15) is 11.9 Å². The fourth-order valence-electron chi connectivity index (χ4n) is 3.52. The highest BCUT2D eigenvalue weighted by atomic mass is 32.1. The normalized spacial score (nSPS) is 19.8. The Morgan fingerprint density at radius 1 is 1.24 bits per heavy atom. The molecule has 0 saturated carbocycles. The zero-order valence-electron chi connectivity index (χ0n) is 15.5. The summed E-state index contributed by atoms with van der Waals surface area (Å²) >= 11 is 1.40. The Labute approximate surface area is 169 Å². The Kier molecular flexibility index (Phi) is 4.36. The van der Waals surface area contributed by atoms with Crippen molar-refractivity contribution in [3.8, 4) is 28.1 Å². The number of aromatic hydroxyl groups is 1. The van der Waals surface area contributed by atoms with E-state index in [1.165, 1.54) is 11.3 Å². The van der Waals surface area contributed by atoms with Gasteiger partial charge in [0.25, 0.3) is 0 Å². The van der Waals surface area contributed by atoms with Gasteiger partial charge in [-0.05, 0) is 30.8 Å². The number of H-pyrrole nitrogens is 1. The summed E-state index contributed by atoms with van der Waals surface area (Å²) in [6.07, 6.45) is 2.52. The number of aromatic amines is 1. The van der Waals surface area contributed by atoms with Crippen LogP contribution in [0.15, 0.2) is 36.7 Å². The van der Waals surface area contributed by atoms with Crippen molar-refractivity contribution < 1.29 is 9.50 Å². The lowest BCUT2D eigenvalue weighted by Gasteiger charge is -2.12. The zero-order valence-corrected chi connectivity index (χ0v) is 16.3. The van der Waals surface area contributed by atoms with Crippen LogP contribution in [0.4, 0.5) is 9.52 Å². The fraction of sp³-hybridized carbons (Fsp3) is 0.263. The van der Waals surface area contributed by atoms with Gasteiger partial charge in [0.05, 0.1) is 22.6 Å². The number of hydrogen-bond donors (Lipinski definition) is 3. The van der Waals surface area contributed by atoms with E-state index < -0.39 is 6.17 Å². The van der Waals surface area contributed by atoms with Gasteiger partial charge in [-0.3, -0.25) is 5.10 Å². The number of likely N-dealkylation sites (N-methyl/N-ethyl adjacent to an activating group) is 1. The molecule has 0 aliphatic carbocycles. The van der Waals surface area contributed by atoms with Gasteiger partial charge >= 0.3 is 0 Å². The lowest BCUT2D eigenvalue weighted by Crippen LogP contribution is -2.29. The van der Waals surface area contributed by atoms with Crippen LogP contribution >= 0.6 is 11.3 Å². The Morgan fingerprint density at radius 2 is 2.14 bits per heavy atom. The van der Waals surface area contributed by atoms with Crippen molar-refractivity contribution >= 4 is 26.8 Å². The molecule has 0 bridgehead atoms. The minimum atomic E-state index is -0.931. The van der Waals surface area contributed by atoms with Crippen molar-refractivity contribution in [3.63, 3.8) is 0 Å². The van der Waals surface area contributed by atoms with Crippen LogP contribution in [0.1, 0.15) is 0 Å². The maximum absolute atomic E-state index is 14.1. The van der Waals surface area contributed by atoms with Crippen molar-refractivity contribution in [2.45, 2.75) is 12.2 Å². The van der Waals surface area contributed by atoms with E-state index in [4.69, 9.17) is 0 Å². The van der Waals surface area contributed by atoms with Gasteiger partial charge in [0, 0.05) is 30.4 Å². The molecule has 4 heterocycles. The summed E-state index contributed by atoms with van der Waals surface area (Å²) in [5.74, 6) is 0.106. The first kappa shape index (κ1) is 18.0. The topological polar surface area (TPSA) is 103 Å². The fourth-order valence-corrected chi connectivity index (χ4v) is 4.42. The molecule has 1 fully saturated rings. The number of nitrogens with one attached hydrogen (secondary N) is 2. The highest BCUT2D eigenvalue weighted by molar-refractivity contribution is 7.22. The van der Waals surface area contributed by atoms with Gasteiger partial charge in [-0.25, -0.2) is 4.39 Å². The SMILES string of the molecule is CN1C[C@H](Nc2nc3nnc(-c4ccc(-c5cn[nH]c5)cc4O)cc3s2)[C@@H](F)C1. The van der Waals surface area contributed by atoms with Gasteiger partial charge in [-0.1, -0.05) is 17.4 Å². The van der Waals surface area contributed by atoms with Crippen molar-refractivity contribution in [2.75, 3.05) is 25.5 Å². The van der Waals surface area contributed by atoms with Crippen LogP contribution in [0, 0.1) is 0 Å². The summed E-state index contributed by atoms with van der Waals surface area (Å²) in [4.78, 5) is 6.36. The van der Waals surface area contributed by atoms with Crippen molar-refractivity contribution in [1.82, 2.24) is 30.3 Å². The molecule has 148 valence electrons. The van der Waals surface area contributed by atoms with Gasteiger partial charge in [0.2, 0.25) is 0 Å². The van der Waals surface area contributed by atoms with E-state index in [9.17, 15) is 9.50 Å². The van der Waals surface area contributed by atoms with E-state index in [-0.39, 0.29) is 11.8 Å². The summed E-state index contributed by atoms with van der Waals surface area (Å²) in [7, 11) is 1.90. The number of rotatable bonds is 4. The third kappa shape index (κ3) is 3.40. The minimum Gasteiger partial charge on any atom is -0.507 e. The molecule has 4 aromatic rings. The largest absolute Gasteiger partial charge is 0.507 e. The van der Waals surface area contributed by atoms with Gasteiger partial charge in [-0.15, -0.1) is 10.2 Å². The number of halogens is 1. The second-order valence-corrected chi connectivity index (χ2v) is 8.17. The predicted molar refractivity (Wildman–Crippen MR) is 110 cm³/mol. The van der Waals surface area contributed by atoms with Crippen molar-refractivity contribution in [3.05, 3.63) is 36.7 Å². The summed E-state index contributed by atoms with van der Waals surface area (Å²) in [5.41, 5.74) is 3.36. The quantitative estimate of drug-likeness (QED) is 0.474. The molecule has 1 aromatic carbocycles. The molecule has 0 amide bonds. The number of anilines is 1. The van der Waals surface area contributed by atoms with Crippen LogP contribution < -0.4 is 5.32 Å². The molecule has 1 saturated heterocycles. The summed E-state index contributed by atoms with van der Waals surface area (Å²) in [5, 5.41) is 29.4. The highest BCUT2D eigenvalue weighted by Crippen LogP contribution is 2.34. The van der Waals surface area contributed by atoms with Gasteiger partial charge < -0.3 is 15.3 Å². The molecular weight excluding hydrogens is 393 g/mol. The number of likely N-dealkylation sites (tertiary alicyclic amines) is 1. The average Bonchev–Trinajstić information content (AvgIpc) is 3.42. The number of nitrogens with zero attached hydrogens (tertiary/aromatic N) is 5. The number of hydrogen-bond acceptors (Lipinski definition) is 8. The number of aromatic nitrogens is 5. The zero-order chi connectivity index (χ0) is 20.0. The van der Waals surface area contributed by atoms with E-state index in [1.54, 1.807) is 24.5 Å². The summed E-state index contributed by atoms with van der Waals surface area (Å²) in [6, 6.07) is 6.92. The Morgan fingerprint density at radius 3 is 2.86 bits per heavy atom. The average molecular weight is 411 g/mol. The monoisotopic (exact) mass is 411 g/mol. The molecule has 0 unspecified atom stereocenters. The molecular formula is C19H18FN7OS. The molecule has 0 radical (unpaired) electrons. The lowest BCUT2D eigenvalue weighted by atomic mass is 10.0. The second kappa shape index (κ2) is 7.05. The molecule has 10 heteroatoms. The number of alkyl halides is 1. The first-order chi connectivity index (χ1) is 14.1. The Hall–Kier alpha value is -3.11. The number of phenolic OH excluding ortho intramolecular Hbond substituents is 1. The molecule has 8 nitrogen and oxygen atoms in total. The standard InChI is InChI=1S/C19H18FN7OS/c1-27-8-13(20)15(9-27)23-19-24-18-17(29-19)5-14(25-26-18)12-3-2-10(4-16(12)28)11-6-21-22-7-11/h2-7,13,15,28H,8-9H2,1H3,(H,21,22)(H,23,24,26)/t13-,15-/m0/s1. The predicted octanol–water partition coefficient (Wildman–Crippen LogP) is 2.91. The van der Waals surface area contributed by atoms with Crippen LogP contribution in [0.3, 0.4) is 0 Å². The summed E-state index contributed by atoms with van der Waals surface area (Å²) in [6.45, 7) is 1.05. The summed E-state index contributed by atoms with van der Waals surface area (Å²) < 4.78 is 14.9. The van der Waals surface area contributed by atoms with Crippen molar-refractivity contribution in [2.24, 2.45) is 0 Å². The van der Waals surface area contributed by atoms with E-state index in [1.807, 2.05) is 24.1 Å². The van der Waals surface area contributed by atoms with E-state index in [0.29, 0.717) is 35.1 Å².